The number of aliphatic hydroxyl groups is 1. The SMILES string of the molecule is Cc1nnc(SC[C@H]2OC(c3cccc(NS(=O)(=O)c4cccc5cccnc45)c3)O[C@@H](c3ccc(CO)cc3)[C@@H]2c2ccccc2)s1. The molecule has 6 aromatic rings. The first kappa shape index (κ1) is 32.4. The second-order valence-electron chi connectivity index (χ2n) is 11.4. The lowest BCUT2D eigenvalue weighted by molar-refractivity contribution is -0.255. The lowest BCUT2D eigenvalue weighted by atomic mass is 9.84. The Balaban J connectivity index is 1.23. The molecule has 1 aliphatic rings. The number of pyridine rings is 1. The highest BCUT2D eigenvalue weighted by atomic mass is 32.2. The summed E-state index contributed by atoms with van der Waals surface area (Å²) in [5.41, 5.74) is 4.25. The number of rotatable bonds is 10. The van der Waals surface area contributed by atoms with Crippen molar-refractivity contribution in [1.82, 2.24) is 15.2 Å². The van der Waals surface area contributed by atoms with Gasteiger partial charge in [0, 0.05) is 34.5 Å². The number of nitrogens with zero attached hydrogens (tertiary/aromatic N) is 3. The van der Waals surface area contributed by atoms with Gasteiger partial charge in [-0.15, -0.1) is 10.2 Å². The van der Waals surface area contributed by atoms with Gasteiger partial charge in [-0.2, -0.15) is 0 Å². The molecule has 1 fully saturated rings. The zero-order valence-corrected chi connectivity index (χ0v) is 28.3. The molecule has 9 nitrogen and oxygen atoms in total. The average molecular weight is 697 g/mol. The monoisotopic (exact) mass is 696 g/mol. The van der Waals surface area contributed by atoms with Crippen LogP contribution in [-0.4, -0.2) is 40.6 Å². The maximum absolute atomic E-state index is 13.6. The van der Waals surface area contributed by atoms with Gasteiger partial charge in [-0.1, -0.05) is 108 Å². The molecular formula is C36H32N4O5S3. The van der Waals surface area contributed by atoms with E-state index in [1.807, 2.05) is 67.6 Å². The summed E-state index contributed by atoms with van der Waals surface area (Å²) in [6, 6.07) is 33.7. The number of hydrogen-bond acceptors (Lipinski definition) is 10. The second-order valence-corrected chi connectivity index (χ2v) is 15.5. The topological polar surface area (TPSA) is 124 Å². The summed E-state index contributed by atoms with van der Waals surface area (Å²) in [5, 5.41) is 19.8. The van der Waals surface area contributed by atoms with Gasteiger partial charge in [-0.25, -0.2) is 8.42 Å². The van der Waals surface area contributed by atoms with Crippen molar-refractivity contribution in [2.75, 3.05) is 10.5 Å². The van der Waals surface area contributed by atoms with Crippen molar-refractivity contribution < 1.29 is 23.0 Å². The molecule has 0 spiro atoms. The number of aromatic nitrogens is 3. The molecule has 0 aliphatic carbocycles. The molecule has 0 radical (unpaired) electrons. The summed E-state index contributed by atoms with van der Waals surface area (Å²) in [6.45, 7) is 1.87. The van der Waals surface area contributed by atoms with Crippen molar-refractivity contribution in [3.05, 3.63) is 143 Å². The van der Waals surface area contributed by atoms with Gasteiger partial charge >= 0.3 is 0 Å². The van der Waals surface area contributed by atoms with E-state index in [0.29, 0.717) is 22.5 Å². The van der Waals surface area contributed by atoms with E-state index in [-0.39, 0.29) is 23.5 Å². The minimum atomic E-state index is -3.97. The Kier molecular flexibility index (Phi) is 9.53. The maximum Gasteiger partial charge on any atom is 0.264 e. The molecule has 0 bridgehead atoms. The van der Waals surface area contributed by atoms with Crippen LogP contribution in [0.5, 0.6) is 0 Å². The Morgan fingerprint density at radius 2 is 1.62 bits per heavy atom. The fraction of sp³-hybridized carbons (Fsp3) is 0.194. The highest BCUT2D eigenvalue weighted by Gasteiger charge is 2.42. The normalized spacial score (nSPS) is 19.7. The minimum absolute atomic E-state index is 0.0578. The summed E-state index contributed by atoms with van der Waals surface area (Å²) in [6.07, 6.45) is 0.0440. The van der Waals surface area contributed by atoms with Gasteiger partial charge in [-0.05, 0) is 47.9 Å². The molecule has 0 amide bonds. The number of thioether (sulfide) groups is 1. The predicted molar refractivity (Wildman–Crippen MR) is 187 cm³/mol. The molecule has 2 N–H and O–H groups in total. The molecule has 7 rings (SSSR count). The number of para-hydroxylation sites is 1. The number of fused-ring (bicyclic) bond motifs is 1. The van der Waals surface area contributed by atoms with Crippen LogP contribution >= 0.6 is 23.1 Å². The van der Waals surface area contributed by atoms with Crippen molar-refractivity contribution in [2.45, 2.75) is 47.2 Å². The van der Waals surface area contributed by atoms with E-state index < -0.39 is 22.4 Å². The Morgan fingerprint density at radius 1 is 0.854 bits per heavy atom. The predicted octanol–water partition coefficient (Wildman–Crippen LogP) is 7.42. The van der Waals surface area contributed by atoms with Crippen LogP contribution in [0.1, 0.15) is 45.6 Å². The third-order valence-electron chi connectivity index (χ3n) is 8.15. The number of nitrogens with one attached hydrogen (secondary N) is 1. The van der Waals surface area contributed by atoms with Crippen LogP contribution in [0, 0.1) is 6.92 Å². The molecule has 244 valence electrons. The number of sulfonamides is 1. The summed E-state index contributed by atoms with van der Waals surface area (Å²) < 4.78 is 44.4. The van der Waals surface area contributed by atoms with E-state index in [1.54, 1.807) is 54.4 Å². The van der Waals surface area contributed by atoms with Crippen LogP contribution in [0.15, 0.2) is 125 Å². The molecule has 3 heterocycles. The second kappa shape index (κ2) is 14.1. The molecule has 0 saturated carbocycles. The molecule has 1 aliphatic heterocycles. The fourth-order valence-corrected chi connectivity index (χ4v) is 9.03. The van der Waals surface area contributed by atoms with Crippen molar-refractivity contribution >= 4 is 49.7 Å². The van der Waals surface area contributed by atoms with Crippen LogP contribution in [0.4, 0.5) is 5.69 Å². The van der Waals surface area contributed by atoms with Gasteiger partial charge in [0.2, 0.25) is 0 Å². The van der Waals surface area contributed by atoms with Crippen LogP contribution in [0.3, 0.4) is 0 Å². The van der Waals surface area contributed by atoms with Crippen molar-refractivity contribution in [3.8, 4) is 0 Å². The van der Waals surface area contributed by atoms with Gasteiger partial charge in [0.05, 0.1) is 24.3 Å². The lowest BCUT2D eigenvalue weighted by Crippen LogP contribution is -2.38. The standard InChI is InChI=1S/C36H32N4O5S3/c1-23-38-39-36(47-23)46-22-30-32(25-8-3-2-4-9-25)34(27-17-15-24(21-41)16-18-27)45-35(44-30)28-11-5-13-29(20-28)40-48(42,43)31-14-6-10-26-12-7-19-37-33(26)31/h2-20,30,32,34-35,40-41H,21-22H2,1H3/t30-,32-,34+,35?/m1/s1. The Hall–Kier alpha value is -4.17. The average Bonchev–Trinajstić information content (AvgIpc) is 3.55. The first-order valence-electron chi connectivity index (χ1n) is 15.3. The summed E-state index contributed by atoms with van der Waals surface area (Å²) in [5.74, 6) is 0.407. The highest BCUT2D eigenvalue weighted by Crippen LogP contribution is 2.48. The summed E-state index contributed by atoms with van der Waals surface area (Å²) >= 11 is 3.13. The van der Waals surface area contributed by atoms with E-state index in [2.05, 4.69) is 32.0 Å². The largest absolute Gasteiger partial charge is 0.392 e. The zero-order chi connectivity index (χ0) is 33.1. The number of hydrogen-bond donors (Lipinski definition) is 2. The van der Waals surface area contributed by atoms with Gasteiger partial charge in [0.25, 0.3) is 10.0 Å². The van der Waals surface area contributed by atoms with Crippen LogP contribution in [-0.2, 0) is 26.1 Å². The van der Waals surface area contributed by atoms with E-state index in [9.17, 15) is 13.5 Å². The summed E-state index contributed by atoms with van der Waals surface area (Å²) in [4.78, 5) is 4.42. The van der Waals surface area contributed by atoms with Gasteiger partial charge < -0.3 is 14.6 Å². The first-order valence-corrected chi connectivity index (χ1v) is 18.6. The van der Waals surface area contributed by atoms with E-state index in [0.717, 1.165) is 31.4 Å². The van der Waals surface area contributed by atoms with Crippen molar-refractivity contribution in [1.29, 1.82) is 0 Å². The van der Waals surface area contributed by atoms with E-state index in [1.165, 1.54) is 11.3 Å². The molecule has 48 heavy (non-hydrogen) atoms. The molecule has 2 aromatic heterocycles. The smallest absolute Gasteiger partial charge is 0.264 e. The quantitative estimate of drug-likeness (QED) is 0.141. The van der Waals surface area contributed by atoms with Crippen molar-refractivity contribution in [3.63, 3.8) is 0 Å². The van der Waals surface area contributed by atoms with Crippen molar-refractivity contribution in [2.24, 2.45) is 0 Å². The fourth-order valence-electron chi connectivity index (χ4n) is 5.89. The van der Waals surface area contributed by atoms with E-state index >= 15 is 0 Å². The summed E-state index contributed by atoms with van der Waals surface area (Å²) in [7, 11) is -3.97. The number of anilines is 1. The number of aryl methyl sites for hydroxylation is 1. The third kappa shape index (κ3) is 7.00. The van der Waals surface area contributed by atoms with Crippen LogP contribution in [0.2, 0.25) is 0 Å². The van der Waals surface area contributed by atoms with Crippen LogP contribution < -0.4 is 4.72 Å². The van der Waals surface area contributed by atoms with Gasteiger partial charge in [-0.3, -0.25) is 9.71 Å². The Morgan fingerprint density at radius 3 is 2.40 bits per heavy atom. The number of benzene rings is 4. The van der Waals surface area contributed by atoms with E-state index in [4.69, 9.17) is 9.47 Å². The Labute approximate surface area is 287 Å². The minimum Gasteiger partial charge on any atom is -0.392 e. The number of aliphatic hydroxyl groups excluding tert-OH is 1. The molecule has 1 saturated heterocycles. The van der Waals surface area contributed by atoms with Gasteiger partial charge in [0.15, 0.2) is 10.6 Å². The highest BCUT2D eigenvalue weighted by molar-refractivity contribution is 8.01. The maximum atomic E-state index is 13.6. The zero-order valence-electron chi connectivity index (χ0n) is 25.8. The first-order chi connectivity index (χ1) is 23.4. The molecule has 12 heteroatoms. The Bertz CT molecular complexity index is 2120. The molecule has 4 atom stereocenters. The molecule has 1 unspecified atom stereocenters. The third-order valence-corrected chi connectivity index (χ3v) is 11.6. The molecule has 4 aromatic carbocycles. The molecular weight excluding hydrogens is 665 g/mol. The van der Waals surface area contributed by atoms with Gasteiger partial charge in [0.1, 0.15) is 9.90 Å². The number of ether oxygens (including phenoxy) is 2. The lowest BCUT2D eigenvalue weighted by Gasteiger charge is -2.43. The van der Waals surface area contributed by atoms with Crippen LogP contribution in [0.25, 0.3) is 10.9 Å².